The van der Waals surface area contributed by atoms with E-state index in [2.05, 4.69) is 0 Å². The largest absolute Gasteiger partial charge is 0.495 e. The van der Waals surface area contributed by atoms with Gasteiger partial charge in [0.1, 0.15) is 5.75 Å². The number of nitrogens with two attached hydrogens (primary N) is 1. The van der Waals surface area contributed by atoms with Gasteiger partial charge >= 0.3 is 5.97 Å². The molecule has 0 saturated heterocycles. The summed E-state index contributed by atoms with van der Waals surface area (Å²) < 4.78 is 5.05. The van der Waals surface area contributed by atoms with Gasteiger partial charge in [-0.2, -0.15) is 0 Å². The maximum atomic E-state index is 11.1. The lowest BCUT2D eigenvalue weighted by molar-refractivity contribution is -0.138. The number of carbonyl (C=O) groups is 1. The molecule has 1 atom stereocenters. The molecule has 5 heteroatoms. The first kappa shape index (κ1) is 12.8. The quantitative estimate of drug-likeness (QED) is 0.846. The summed E-state index contributed by atoms with van der Waals surface area (Å²) in [6.07, 6.45) is 0. The second kappa shape index (κ2) is 5.18. The number of rotatable bonds is 4. The summed E-state index contributed by atoms with van der Waals surface area (Å²) in [5, 5.41) is 9.38. The molecular formula is C11H14ClNO3. The van der Waals surface area contributed by atoms with Crippen molar-refractivity contribution < 1.29 is 14.6 Å². The van der Waals surface area contributed by atoms with Gasteiger partial charge in [-0.05, 0) is 24.1 Å². The Bertz CT molecular complexity index is 406. The van der Waals surface area contributed by atoms with Crippen molar-refractivity contribution in [1.29, 1.82) is 0 Å². The van der Waals surface area contributed by atoms with E-state index in [1.807, 2.05) is 0 Å². The van der Waals surface area contributed by atoms with E-state index in [9.17, 15) is 4.79 Å². The Morgan fingerprint density at radius 2 is 2.25 bits per heavy atom. The number of carboxylic acids is 1. The van der Waals surface area contributed by atoms with Crippen LogP contribution in [-0.4, -0.2) is 24.7 Å². The van der Waals surface area contributed by atoms with Gasteiger partial charge in [0.15, 0.2) is 0 Å². The highest BCUT2D eigenvalue weighted by molar-refractivity contribution is 6.33. The first-order valence-electron chi connectivity index (χ1n) is 4.78. The molecule has 0 fully saturated rings. The minimum absolute atomic E-state index is 0.00304. The third-order valence-electron chi connectivity index (χ3n) is 2.46. The maximum absolute atomic E-state index is 11.1. The lowest BCUT2D eigenvalue weighted by Gasteiger charge is -2.17. The average Bonchev–Trinajstić information content (AvgIpc) is 2.23. The lowest BCUT2D eigenvalue weighted by Crippen LogP contribution is -2.22. The molecule has 88 valence electrons. The van der Waals surface area contributed by atoms with Crippen LogP contribution in [0.5, 0.6) is 5.75 Å². The molecule has 4 nitrogen and oxygen atoms in total. The van der Waals surface area contributed by atoms with Gasteiger partial charge in [0.2, 0.25) is 0 Å². The van der Waals surface area contributed by atoms with Crippen LogP contribution in [-0.2, 0) is 4.79 Å². The van der Waals surface area contributed by atoms with E-state index in [1.165, 1.54) is 7.11 Å². The number of ether oxygens (including phenoxy) is 1. The summed E-state index contributed by atoms with van der Waals surface area (Å²) >= 11 is 6.09. The minimum Gasteiger partial charge on any atom is -0.495 e. The van der Waals surface area contributed by atoms with Crippen molar-refractivity contribution in [3.63, 3.8) is 0 Å². The van der Waals surface area contributed by atoms with Gasteiger partial charge in [-0.1, -0.05) is 17.7 Å². The van der Waals surface area contributed by atoms with Crippen molar-refractivity contribution in [1.82, 2.24) is 0 Å². The van der Waals surface area contributed by atoms with Gasteiger partial charge in [-0.25, -0.2) is 0 Å². The molecule has 0 heterocycles. The number of benzene rings is 1. The highest BCUT2D eigenvalue weighted by Gasteiger charge is 2.24. The van der Waals surface area contributed by atoms with Crippen LogP contribution in [0.2, 0.25) is 5.02 Å². The van der Waals surface area contributed by atoms with E-state index in [1.54, 1.807) is 19.1 Å². The highest BCUT2D eigenvalue weighted by Crippen LogP contribution is 2.35. The molecule has 0 aliphatic rings. The molecule has 0 aliphatic carbocycles. The summed E-state index contributed by atoms with van der Waals surface area (Å²) in [5.41, 5.74) is 6.77. The topological polar surface area (TPSA) is 72.5 Å². The van der Waals surface area contributed by atoms with E-state index in [0.29, 0.717) is 16.3 Å². The number of methoxy groups -OCH3 is 1. The lowest BCUT2D eigenvalue weighted by atomic mass is 9.94. The molecule has 0 spiro atoms. The molecular weight excluding hydrogens is 230 g/mol. The van der Waals surface area contributed by atoms with Crippen LogP contribution in [0.4, 0.5) is 0 Å². The van der Waals surface area contributed by atoms with Crippen LogP contribution in [0.15, 0.2) is 12.1 Å². The second-order valence-electron chi connectivity index (χ2n) is 3.44. The molecule has 0 saturated carbocycles. The predicted octanol–water partition coefficient (Wildman–Crippen LogP) is 1.78. The number of hydrogen-bond donors (Lipinski definition) is 2. The molecule has 0 aliphatic heterocycles. The van der Waals surface area contributed by atoms with Crippen LogP contribution < -0.4 is 10.5 Å². The number of hydrogen-bond acceptors (Lipinski definition) is 3. The Morgan fingerprint density at radius 3 is 2.69 bits per heavy atom. The summed E-state index contributed by atoms with van der Waals surface area (Å²) in [5.74, 6) is -1.33. The third-order valence-corrected chi connectivity index (χ3v) is 2.85. The predicted molar refractivity (Wildman–Crippen MR) is 62.2 cm³/mol. The van der Waals surface area contributed by atoms with Crippen molar-refractivity contribution in [2.24, 2.45) is 5.73 Å². The molecule has 1 unspecified atom stereocenters. The molecule has 0 radical (unpaired) electrons. The fourth-order valence-electron chi connectivity index (χ4n) is 1.60. The van der Waals surface area contributed by atoms with Gasteiger partial charge in [-0.15, -0.1) is 0 Å². The first-order valence-corrected chi connectivity index (χ1v) is 5.16. The van der Waals surface area contributed by atoms with Crippen molar-refractivity contribution in [2.75, 3.05) is 13.7 Å². The van der Waals surface area contributed by atoms with E-state index in [4.69, 9.17) is 27.2 Å². The van der Waals surface area contributed by atoms with E-state index in [-0.39, 0.29) is 6.54 Å². The van der Waals surface area contributed by atoms with Crippen molar-refractivity contribution >= 4 is 17.6 Å². The molecule has 0 bridgehead atoms. The second-order valence-corrected chi connectivity index (χ2v) is 3.82. The highest BCUT2D eigenvalue weighted by atomic mass is 35.5. The fraction of sp³-hybridized carbons (Fsp3) is 0.364. The SMILES string of the molecule is COc1ccc(C)c(C(CN)C(=O)O)c1Cl. The minimum atomic E-state index is -0.985. The number of carboxylic acid groups (broad SMARTS) is 1. The average molecular weight is 244 g/mol. The monoisotopic (exact) mass is 243 g/mol. The summed E-state index contributed by atoms with van der Waals surface area (Å²) in [6, 6.07) is 3.47. The van der Waals surface area contributed by atoms with Gasteiger partial charge in [-0.3, -0.25) is 4.79 Å². The van der Waals surface area contributed by atoms with Crippen molar-refractivity contribution in [3.05, 3.63) is 28.3 Å². The number of aryl methyl sites for hydroxylation is 1. The van der Waals surface area contributed by atoms with Gasteiger partial charge < -0.3 is 15.6 Å². The summed E-state index contributed by atoms with van der Waals surface area (Å²) in [4.78, 5) is 11.1. The molecule has 0 aromatic heterocycles. The zero-order valence-electron chi connectivity index (χ0n) is 9.16. The van der Waals surface area contributed by atoms with E-state index in [0.717, 1.165) is 5.56 Å². The zero-order chi connectivity index (χ0) is 12.3. The van der Waals surface area contributed by atoms with Crippen LogP contribution in [0.25, 0.3) is 0 Å². The molecule has 1 aromatic carbocycles. The van der Waals surface area contributed by atoms with E-state index < -0.39 is 11.9 Å². The van der Waals surface area contributed by atoms with Crippen molar-refractivity contribution in [3.8, 4) is 5.75 Å². The van der Waals surface area contributed by atoms with Crippen molar-refractivity contribution in [2.45, 2.75) is 12.8 Å². The Hall–Kier alpha value is -1.26. The Morgan fingerprint density at radius 1 is 1.62 bits per heavy atom. The standard InChI is InChI=1S/C11H14ClNO3/c1-6-3-4-8(16-2)10(12)9(6)7(5-13)11(14)15/h3-4,7H,5,13H2,1-2H3,(H,14,15). The van der Waals surface area contributed by atoms with E-state index >= 15 is 0 Å². The smallest absolute Gasteiger partial charge is 0.312 e. The first-order chi connectivity index (χ1) is 7.52. The summed E-state index contributed by atoms with van der Waals surface area (Å²) in [6.45, 7) is 1.80. The number of halogens is 1. The molecule has 0 amide bonds. The van der Waals surface area contributed by atoms with Crippen LogP contribution in [0.3, 0.4) is 0 Å². The molecule has 16 heavy (non-hydrogen) atoms. The fourth-order valence-corrected chi connectivity index (χ4v) is 2.02. The third kappa shape index (κ3) is 2.28. The molecule has 3 N–H and O–H groups in total. The summed E-state index contributed by atoms with van der Waals surface area (Å²) in [7, 11) is 1.48. The van der Waals surface area contributed by atoms with Gasteiger partial charge in [0, 0.05) is 6.54 Å². The Balaban J connectivity index is 3.35. The van der Waals surface area contributed by atoms with Gasteiger partial charge in [0.25, 0.3) is 0 Å². The van der Waals surface area contributed by atoms with Crippen LogP contribution >= 0.6 is 11.6 Å². The Labute approximate surface area is 99.0 Å². The zero-order valence-corrected chi connectivity index (χ0v) is 9.91. The molecule has 1 aromatic rings. The van der Waals surface area contributed by atoms with Crippen LogP contribution in [0, 0.1) is 6.92 Å². The number of aliphatic carboxylic acids is 1. The molecule has 1 rings (SSSR count). The normalized spacial score (nSPS) is 12.2. The van der Waals surface area contributed by atoms with Gasteiger partial charge in [0.05, 0.1) is 18.1 Å². The maximum Gasteiger partial charge on any atom is 0.312 e. The van der Waals surface area contributed by atoms with Crippen LogP contribution in [0.1, 0.15) is 17.0 Å². The Kier molecular flexibility index (Phi) is 4.15.